The highest BCUT2D eigenvalue weighted by Gasteiger charge is 2.81. The van der Waals surface area contributed by atoms with Gasteiger partial charge in [0.25, 0.3) is 0 Å². The van der Waals surface area contributed by atoms with Crippen LogP contribution >= 0.6 is 7.14 Å². The van der Waals surface area contributed by atoms with E-state index in [-0.39, 0.29) is 23.5 Å². The Morgan fingerprint density at radius 2 is 1.20 bits per heavy atom. The van der Waals surface area contributed by atoms with Crippen molar-refractivity contribution in [3.8, 4) is 0 Å². The van der Waals surface area contributed by atoms with Crippen molar-refractivity contribution in [2.45, 2.75) is 67.3 Å². The lowest BCUT2D eigenvalue weighted by Crippen LogP contribution is -2.61. The van der Waals surface area contributed by atoms with Gasteiger partial charge in [-0.05, 0) is 25.7 Å². The minimum absolute atomic E-state index is 0.0494. The Bertz CT molecular complexity index is 1010. The van der Waals surface area contributed by atoms with Crippen LogP contribution < -0.4 is 10.6 Å². The Hall–Kier alpha value is -2.00. The fraction of sp³-hybridized carbons (Fsp3) is 0.478. The predicted octanol–water partition coefficient (Wildman–Crippen LogP) is 6.53. The molecule has 1 atom stereocenters. The summed E-state index contributed by atoms with van der Waals surface area (Å²) in [4.78, 5) is 0. The summed E-state index contributed by atoms with van der Waals surface area (Å²) in [5.41, 5.74) is -3.76. The summed E-state index contributed by atoms with van der Waals surface area (Å²) < 4.78 is 137. The van der Waals surface area contributed by atoms with Crippen LogP contribution in [0.15, 0.2) is 60.7 Å². The molecule has 0 heterocycles. The minimum atomic E-state index is -7.05. The van der Waals surface area contributed by atoms with Gasteiger partial charge in [-0.1, -0.05) is 60.7 Å². The molecule has 1 unspecified atom stereocenters. The zero-order valence-corrected chi connectivity index (χ0v) is 19.0. The lowest BCUT2D eigenvalue weighted by atomic mass is 9.76. The third kappa shape index (κ3) is 4.86. The SMILES string of the molecule is O=P(c1ccccc1)(c1ccccc1)C(CC1(O)CCC1)CC(F)(F)C(F)(F)C(F)(F)C(F)(F)F. The lowest BCUT2D eigenvalue weighted by molar-refractivity contribution is -0.396. The zero-order valence-electron chi connectivity index (χ0n) is 18.1. The van der Waals surface area contributed by atoms with Crippen molar-refractivity contribution in [2.75, 3.05) is 0 Å². The summed E-state index contributed by atoms with van der Waals surface area (Å²) in [7, 11) is -4.37. The van der Waals surface area contributed by atoms with Crippen LogP contribution in [0, 0.1) is 0 Å². The highest BCUT2D eigenvalue weighted by Crippen LogP contribution is 2.60. The Morgan fingerprint density at radius 1 is 0.771 bits per heavy atom. The molecule has 0 saturated heterocycles. The maximum Gasteiger partial charge on any atom is 0.460 e. The van der Waals surface area contributed by atoms with Gasteiger partial charge in [0.1, 0.15) is 7.14 Å². The molecule has 0 spiro atoms. The first-order valence-electron chi connectivity index (χ1n) is 10.6. The van der Waals surface area contributed by atoms with Gasteiger partial charge in [0, 0.05) is 22.7 Å². The number of benzene rings is 2. The maximum absolute atomic E-state index is 14.8. The summed E-state index contributed by atoms with van der Waals surface area (Å²) in [6, 6.07) is 13.7. The standard InChI is InChI=1S/C23H22F9O2P/c24-20(25,21(26,27)22(28,29)23(30,31)32)15-18(14-19(33)12-7-13-19)35(34,16-8-3-1-4-9-16)17-10-5-2-6-11-17/h1-6,8-11,18,33H,7,12-15H2. The number of aliphatic hydroxyl groups is 1. The van der Waals surface area contributed by atoms with E-state index in [1.807, 2.05) is 0 Å². The number of alkyl halides is 9. The van der Waals surface area contributed by atoms with Crippen LogP contribution in [0.1, 0.15) is 32.1 Å². The number of hydrogen-bond acceptors (Lipinski definition) is 2. The lowest BCUT2D eigenvalue weighted by Gasteiger charge is -2.43. The highest BCUT2D eigenvalue weighted by molar-refractivity contribution is 7.79. The topological polar surface area (TPSA) is 37.3 Å². The first-order chi connectivity index (χ1) is 16.0. The Morgan fingerprint density at radius 3 is 1.54 bits per heavy atom. The monoisotopic (exact) mass is 532 g/mol. The third-order valence-electron chi connectivity index (χ3n) is 6.40. The van der Waals surface area contributed by atoms with Crippen molar-refractivity contribution in [1.82, 2.24) is 0 Å². The van der Waals surface area contributed by atoms with Crippen molar-refractivity contribution in [2.24, 2.45) is 0 Å². The van der Waals surface area contributed by atoms with E-state index >= 15 is 0 Å². The van der Waals surface area contributed by atoms with Crippen LogP contribution in [0.2, 0.25) is 0 Å². The van der Waals surface area contributed by atoms with Gasteiger partial charge in [-0.15, -0.1) is 0 Å². The van der Waals surface area contributed by atoms with E-state index in [1.165, 1.54) is 60.7 Å². The molecular formula is C23H22F9O2P. The Labute approximate surface area is 195 Å². The van der Waals surface area contributed by atoms with E-state index in [4.69, 9.17) is 0 Å². The van der Waals surface area contributed by atoms with Crippen LogP contribution in [-0.4, -0.2) is 40.3 Å². The van der Waals surface area contributed by atoms with Crippen LogP contribution in [0.3, 0.4) is 0 Å². The molecule has 0 radical (unpaired) electrons. The second-order valence-electron chi connectivity index (χ2n) is 8.82. The molecule has 1 saturated carbocycles. The van der Waals surface area contributed by atoms with E-state index in [1.54, 1.807) is 0 Å². The van der Waals surface area contributed by atoms with Crippen LogP contribution in [0.4, 0.5) is 39.5 Å². The van der Waals surface area contributed by atoms with Crippen molar-refractivity contribution < 1.29 is 49.2 Å². The molecule has 0 aliphatic heterocycles. The first kappa shape index (κ1) is 27.6. The summed E-state index contributed by atoms with van der Waals surface area (Å²) >= 11 is 0. The second-order valence-corrected chi connectivity index (χ2v) is 11.9. The summed E-state index contributed by atoms with van der Waals surface area (Å²) in [6.07, 6.45) is -9.43. The number of hydrogen-bond donors (Lipinski definition) is 1. The quantitative estimate of drug-likeness (QED) is 0.295. The molecular weight excluding hydrogens is 510 g/mol. The molecule has 2 aromatic carbocycles. The van der Waals surface area contributed by atoms with Crippen molar-refractivity contribution >= 4 is 17.8 Å². The Balaban J connectivity index is 2.16. The smallest absolute Gasteiger partial charge is 0.390 e. The average Bonchev–Trinajstić information content (AvgIpc) is 2.77. The average molecular weight is 532 g/mol. The van der Waals surface area contributed by atoms with Crippen molar-refractivity contribution in [1.29, 1.82) is 0 Å². The largest absolute Gasteiger partial charge is 0.460 e. The molecule has 0 amide bonds. The van der Waals surface area contributed by atoms with Crippen LogP contribution in [0.25, 0.3) is 0 Å². The van der Waals surface area contributed by atoms with Gasteiger partial charge in [0.05, 0.1) is 5.60 Å². The van der Waals surface area contributed by atoms with Gasteiger partial charge < -0.3 is 9.67 Å². The van der Waals surface area contributed by atoms with Crippen molar-refractivity contribution in [3.63, 3.8) is 0 Å². The van der Waals surface area contributed by atoms with E-state index in [0.717, 1.165) is 0 Å². The summed E-state index contributed by atoms with van der Waals surface area (Å²) in [5.74, 6) is -19.8. The Kier molecular flexibility index (Phi) is 7.20. The molecule has 35 heavy (non-hydrogen) atoms. The number of rotatable bonds is 9. The first-order valence-corrected chi connectivity index (χ1v) is 12.4. The molecule has 0 aromatic heterocycles. The molecule has 1 fully saturated rings. The summed E-state index contributed by atoms with van der Waals surface area (Å²) in [6.45, 7) is 0. The minimum Gasteiger partial charge on any atom is -0.390 e. The molecule has 2 aromatic rings. The van der Waals surface area contributed by atoms with E-state index in [2.05, 4.69) is 0 Å². The molecule has 2 nitrogen and oxygen atoms in total. The molecule has 1 N–H and O–H groups in total. The van der Waals surface area contributed by atoms with Crippen LogP contribution in [0.5, 0.6) is 0 Å². The normalized spacial score (nSPS) is 18.1. The van der Waals surface area contributed by atoms with Gasteiger partial charge in [0.15, 0.2) is 0 Å². The fourth-order valence-electron chi connectivity index (χ4n) is 4.26. The fourth-order valence-corrected chi connectivity index (χ4v) is 7.71. The van der Waals surface area contributed by atoms with Crippen LogP contribution in [-0.2, 0) is 4.57 Å². The molecule has 1 aliphatic carbocycles. The third-order valence-corrected chi connectivity index (χ3v) is 9.92. The van der Waals surface area contributed by atoms with Gasteiger partial charge in [-0.2, -0.15) is 39.5 Å². The molecule has 12 heteroatoms. The second kappa shape index (κ2) is 9.14. The molecule has 194 valence electrons. The summed E-state index contributed by atoms with van der Waals surface area (Å²) in [5, 5.41) is 10.5. The number of halogens is 9. The zero-order chi connectivity index (χ0) is 26.3. The highest BCUT2D eigenvalue weighted by atomic mass is 31.2. The van der Waals surface area contributed by atoms with E-state index < -0.39 is 55.2 Å². The predicted molar refractivity (Wildman–Crippen MR) is 112 cm³/mol. The van der Waals surface area contributed by atoms with Crippen molar-refractivity contribution in [3.05, 3.63) is 60.7 Å². The van der Waals surface area contributed by atoms with Gasteiger partial charge >= 0.3 is 23.9 Å². The molecule has 1 aliphatic rings. The van der Waals surface area contributed by atoms with Gasteiger partial charge in [-0.3, -0.25) is 0 Å². The maximum atomic E-state index is 14.8. The van der Waals surface area contributed by atoms with E-state index in [0.29, 0.717) is 6.42 Å². The molecule has 0 bridgehead atoms. The van der Waals surface area contributed by atoms with Gasteiger partial charge in [0.2, 0.25) is 0 Å². The van der Waals surface area contributed by atoms with Gasteiger partial charge in [-0.25, -0.2) is 0 Å². The van der Waals surface area contributed by atoms with E-state index in [9.17, 15) is 49.2 Å². The molecule has 3 rings (SSSR count).